The topological polar surface area (TPSA) is 32.5 Å². The van der Waals surface area contributed by atoms with E-state index in [0.717, 1.165) is 39.1 Å². The number of nitrogens with zero attached hydrogens (tertiary/aromatic N) is 3. The van der Waals surface area contributed by atoms with Crippen molar-refractivity contribution in [2.24, 2.45) is 5.41 Å². The first-order valence-electron chi connectivity index (χ1n) is 13.2. The van der Waals surface area contributed by atoms with Crippen LogP contribution in [0.2, 0.25) is 0 Å². The molecular formula is C26H29N3O. The first-order valence-corrected chi connectivity index (χ1v) is 10.2. The Balaban J connectivity index is 1.70. The minimum absolute atomic E-state index is 0.162. The fourth-order valence-electron chi connectivity index (χ4n) is 4.51. The standard InChI is InChI=1S/C26H29N3O/c1-16-11-13-19-20-14-12-17(2)27-25(20)30-24(19)23(16)29-18(3)28(15-26(4,5)6)21-9-7-8-10-22(21)29/h7-14,18H,15H2,1-6H3/t18-/m0/s1/i4D3,5D3. The number of benzene rings is 2. The summed E-state index contributed by atoms with van der Waals surface area (Å²) in [5, 5.41) is 1.86. The van der Waals surface area contributed by atoms with Gasteiger partial charge in [0.25, 0.3) is 0 Å². The van der Waals surface area contributed by atoms with Gasteiger partial charge in [0.05, 0.1) is 17.1 Å². The first kappa shape index (κ1) is 13.3. The Morgan fingerprint density at radius 3 is 2.53 bits per heavy atom. The van der Waals surface area contributed by atoms with Crippen molar-refractivity contribution in [2.75, 3.05) is 16.3 Å². The summed E-state index contributed by atoms with van der Waals surface area (Å²) in [6, 6.07) is 15.7. The molecule has 4 aromatic rings. The van der Waals surface area contributed by atoms with Crippen molar-refractivity contribution in [3.8, 4) is 0 Å². The number of rotatable bonds is 2. The van der Waals surface area contributed by atoms with E-state index in [1.165, 1.54) is 6.92 Å². The molecule has 3 heterocycles. The smallest absolute Gasteiger partial charge is 0.227 e. The summed E-state index contributed by atoms with van der Waals surface area (Å²) in [5.41, 5.74) is 3.67. The third kappa shape index (κ3) is 2.85. The number of hydrogen-bond acceptors (Lipinski definition) is 4. The van der Waals surface area contributed by atoms with Crippen LogP contribution in [0.4, 0.5) is 17.1 Å². The van der Waals surface area contributed by atoms with Crippen LogP contribution in [0.3, 0.4) is 0 Å². The van der Waals surface area contributed by atoms with Gasteiger partial charge in [-0.15, -0.1) is 0 Å². The molecule has 0 amide bonds. The average Bonchev–Trinajstić information content (AvgIpc) is 3.27. The van der Waals surface area contributed by atoms with Gasteiger partial charge in [-0.05, 0) is 56.0 Å². The highest BCUT2D eigenvalue weighted by molar-refractivity contribution is 6.10. The van der Waals surface area contributed by atoms with Crippen molar-refractivity contribution >= 4 is 39.1 Å². The van der Waals surface area contributed by atoms with Crippen molar-refractivity contribution in [3.63, 3.8) is 0 Å². The van der Waals surface area contributed by atoms with Crippen LogP contribution >= 0.6 is 0 Å². The van der Waals surface area contributed by atoms with E-state index < -0.39 is 19.1 Å². The van der Waals surface area contributed by atoms with E-state index in [2.05, 4.69) is 9.88 Å². The summed E-state index contributed by atoms with van der Waals surface area (Å²) in [4.78, 5) is 8.57. The van der Waals surface area contributed by atoms with Crippen LogP contribution in [0.15, 0.2) is 52.9 Å². The molecule has 5 rings (SSSR count). The number of furan rings is 1. The summed E-state index contributed by atoms with van der Waals surface area (Å²) < 4.78 is 54.9. The monoisotopic (exact) mass is 405 g/mol. The molecule has 0 fully saturated rings. The molecule has 1 aliphatic heterocycles. The van der Waals surface area contributed by atoms with E-state index in [1.807, 2.05) is 74.2 Å². The van der Waals surface area contributed by atoms with Gasteiger partial charge in [-0.25, -0.2) is 4.98 Å². The molecule has 0 saturated heterocycles. The van der Waals surface area contributed by atoms with Crippen LogP contribution in [0.25, 0.3) is 22.1 Å². The van der Waals surface area contributed by atoms with Crippen molar-refractivity contribution in [1.29, 1.82) is 0 Å². The van der Waals surface area contributed by atoms with Gasteiger partial charge in [-0.1, -0.05) is 44.9 Å². The molecule has 154 valence electrons. The second kappa shape index (κ2) is 6.49. The van der Waals surface area contributed by atoms with Gasteiger partial charge in [0, 0.05) is 31.2 Å². The molecular weight excluding hydrogens is 370 g/mol. The Morgan fingerprint density at radius 2 is 1.77 bits per heavy atom. The molecule has 30 heavy (non-hydrogen) atoms. The Bertz CT molecular complexity index is 1460. The summed E-state index contributed by atoms with van der Waals surface area (Å²) in [6.45, 7) is 1.70. The molecule has 0 N–H and O–H groups in total. The average molecular weight is 406 g/mol. The molecule has 0 aliphatic carbocycles. The Morgan fingerprint density at radius 1 is 1.03 bits per heavy atom. The number of aromatic nitrogens is 1. The molecule has 2 aromatic heterocycles. The molecule has 0 radical (unpaired) electrons. The van der Waals surface area contributed by atoms with Gasteiger partial charge in [-0.3, -0.25) is 0 Å². The SMILES string of the molecule is [2H]C([2H])([2H])C(C)(CN1c2ccccc2N(c2c(C)ccc3c2oc2nc(C)ccc23)[C@H]1C)C([2H])([2H])[2H]. The highest BCUT2D eigenvalue weighted by Crippen LogP contribution is 2.48. The zero-order valence-corrected chi connectivity index (χ0v) is 17.7. The maximum Gasteiger partial charge on any atom is 0.227 e. The number of fused-ring (bicyclic) bond motifs is 4. The number of para-hydroxylation sites is 2. The van der Waals surface area contributed by atoms with E-state index >= 15 is 0 Å². The fourth-order valence-corrected chi connectivity index (χ4v) is 4.51. The predicted molar refractivity (Wildman–Crippen MR) is 126 cm³/mol. The number of anilines is 3. The summed E-state index contributed by atoms with van der Waals surface area (Å²) in [5.74, 6) is 0. The van der Waals surface area contributed by atoms with E-state index in [-0.39, 0.29) is 12.7 Å². The van der Waals surface area contributed by atoms with Crippen molar-refractivity contribution in [1.82, 2.24) is 4.98 Å². The quantitative estimate of drug-likeness (QED) is 0.361. The lowest BCUT2D eigenvalue weighted by atomic mass is 9.95. The molecule has 2 aromatic carbocycles. The summed E-state index contributed by atoms with van der Waals surface area (Å²) in [7, 11) is 0. The third-order valence-corrected chi connectivity index (χ3v) is 5.82. The molecule has 0 spiro atoms. The Kier molecular flexibility index (Phi) is 2.88. The molecule has 0 unspecified atom stereocenters. The fraction of sp³-hybridized carbons (Fsp3) is 0.346. The number of pyridine rings is 1. The number of hydrogen-bond donors (Lipinski definition) is 0. The zero-order chi connectivity index (χ0) is 26.2. The molecule has 4 nitrogen and oxygen atoms in total. The van der Waals surface area contributed by atoms with E-state index in [1.54, 1.807) is 0 Å². The van der Waals surface area contributed by atoms with Gasteiger partial charge in [0.2, 0.25) is 5.71 Å². The molecule has 1 atom stereocenters. The van der Waals surface area contributed by atoms with Crippen molar-refractivity contribution < 1.29 is 12.6 Å². The summed E-state index contributed by atoms with van der Waals surface area (Å²) >= 11 is 0. The molecule has 4 heteroatoms. The normalized spacial score (nSPS) is 20.5. The molecule has 0 saturated carbocycles. The Hall–Kier alpha value is -3.01. The maximum absolute atomic E-state index is 8.10. The minimum Gasteiger partial charge on any atom is -0.435 e. The lowest BCUT2D eigenvalue weighted by Crippen LogP contribution is -2.42. The van der Waals surface area contributed by atoms with E-state index in [4.69, 9.17) is 12.6 Å². The lowest BCUT2D eigenvalue weighted by Gasteiger charge is -2.35. The van der Waals surface area contributed by atoms with Gasteiger partial charge in [-0.2, -0.15) is 0 Å². The second-order valence-corrected chi connectivity index (χ2v) is 8.47. The van der Waals surface area contributed by atoms with Crippen molar-refractivity contribution in [2.45, 2.75) is 47.6 Å². The minimum atomic E-state index is -2.68. The van der Waals surface area contributed by atoms with E-state index in [0.29, 0.717) is 11.3 Å². The third-order valence-electron chi connectivity index (χ3n) is 5.82. The summed E-state index contributed by atoms with van der Waals surface area (Å²) in [6.07, 6.45) is -0.362. The first-order chi connectivity index (χ1) is 16.7. The van der Waals surface area contributed by atoms with Crippen LogP contribution in [0.1, 0.15) is 47.0 Å². The van der Waals surface area contributed by atoms with Crippen molar-refractivity contribution in [3.05, 3.63) is 59.8 Å². The maximum atomic E-state index is 8.10. The zero-order valence-electron chi connectivity index (χ0n) is 23.7. The van der Waals surface area contributed by atoms with Gasteiger partial charge in [0.15, 0.2) is 5.58 Å². The van der Waals surface area contributed by atoms with E-state index in [9.17, 15) is 0 Å². The van der Waals surface area contributed by atoms with Gasteiger partial charge in [0.1, 0.15) is 6.17 Å². The van der Waals surface area contributed by atoms with Crippen LogP contribution in [-0.2, 0) is 0 Å². The van der Waals surface area contributed by atoms with Gasteiger partial charge >= 0.3 is 0 Å². The van der Waals surface area contributed by atoms with Crippen LogP contribution in [-0.4, -0.2) is 17.7 Å². The molecule has 0 bridgehead atoms. The largest absolute Gasteiger partial charge is 0.435 e. The lowest BCUT2D eigenvalue weighted by molar-refractivity contribution is 0.400. The van der Waals surface area contributed by atoms with Crippen LogP contribution < -0.4 is 9.80 Å². The predicted octanol–water partition coefficient (Wildman–Crippen LogP) is 6.95. The Labute approximate surface area is 186 Å². The number of aryl methyl sites for hydroxylation is 2. The van der Waals surface area contributed by atoms with Gasteiger partial charge < -0.3 is 14.2 Å². The molecule has 1 aliphatic rings. The highest BCUT2D eigenvalue weighted by Gasteiger charge is 2.37. The second-order valence-electron chi connectivity index (χ2n) is 8.47. The van der Waals surface area contributed by atoms with Crippen LogP contribution in [0, 0.1) is 19.3 Å². The highest BCUT2D eigenvalue weighted by atomic mass is 16.3. The van der Waals surface area contributed by atoms with Crippen LogP contribution in [0.5, 0.6) is 0 Å².